The Kier molecular flexibility index (Phi) is 10.1. The zero-order chi connectivity index (χ0) is 30.3. The Labute approximate surface area is 238 Å². The van der Waals surface area contributed by atoms with Gasteiger partial charge < -0.3 is 29.8 Å². The number of pyridine rings is 1. The second-order valence-electron chi connectivity index (χ2n) is 11.3. The van der Waals surface area contributed by atoms with Crippen LogP contribution in [0.5, 0.6) is 0 Å². The number of alkyl carbamates (subject to hydrolysis) is 1. The largest absolute Gasteiger partial charge is 0.453 e. The summed E-state index contributed by atoms with van der Waals surface area (Å²) in [4.78, 5) is 54.6. The second-order valence-corrected chi connectivity index (χ2v) is 11.3. The molecular formula is C30H38FN5O5. The lowest BCUT2D eigenvalue weighted by Crippen LogP contribution is -2.44. The maximum Gasteiger partial charge on any atom is 0.407 e. The van der Waals surface area contributed by atoms with Gasteiger partial charge in [0.25, 0.3) is 5.56 Å². The molecule has 2 aromatic heterocycles. The molecule has 1 atom stereocenters. The van der Waals surface area contributed by atoms with Crippen molar-refractivity contribution in [3.8, 4) is 0 Å². The molecule has 0 bridgehead atoms. The number of nitrogens with one attached hydrogen (secondary N) is 3. The minimum Gasteiger partial charge on any atom is -0.453 e. The molecule has 0 saturated carbocycles. The summed E-state index contributed by atoms with van der Waals surface area (Å²) in [6, 6.07) is 6.89. The van der Waals surface area contributed by atoms with Crippen molar-refractivity contribution in [2.45, 2.75) is 52.6 Å². The highest BCUT2D eigenvalue weighted by atomic mass is 19.1. The lowest BCUT2D eigenvalue weighted by molar-refractivity contribution is -0.123. The molecule has 1 aromatic carbocycles. The van der Waals surface area contributed by atoms with Gasteiger partial charge in [0.2, 0.25) is 11.8 Å². The first-order valence-corrected chi connectivity index (χ1v) is 13.3. The molecular weight excluding hydrogens is 529 g/mol. The van der Waals surface area contributed by atoms with Crippen LogP contribution in [0.3, 0.4) is 0 Å². The van der Waals surface area contributed by atoms with Crippen LogP contribution in [0.25, 0.3) is 10.9 Å². The van der Waals surface area contributed by atoms with E-state index >= 15 is 0 Å². The molecule has 3 amide bonds. The Morgan fingerprint density at radius 1 is 1.20 bits per heavy atom. The Morgan fingerprint density at radius 3 is 2.59 bits per heavy atom. The number of halogens is 1. The molecule has 0 saturated heterocycles. The normalized spacial score (nSPS) is 12.4. The Hall–Kier alpha value is -4.41. The quantitative estimate of drug-likeness (QED) is 0.317. The van der Waals surface area contributed by atoms with Crippen molar-refractivity contribution in [1.82, 2.24) is 19.8 Å². The first-order chi connectivity index (χ1) is 19.3. The van der Waals surface area contributed by atoms with Crippen molar-refractivity contribution >= 4 is 34.5 Å². The van der Waals surface area contributed by atoms with E-state index < -0.39 is 23.6 Å². The smallest absolute Gasteiger partial charge is 0.407 e. The number of hydrogen-bond donors (Lipinski definition) is 3. The van der Waals surface area contributed by atoms with E-state index in [-0.39, 0.29) is 35.8 Å². The molecule has 41 heavy (non-hydrogen) atoms. The minimum atomic E-state index is -1.01. The highest BCUT2D eigenvalue weighted by Gasteiger charge is 2.22. The van der Waals surface area contributed by atoms with Crippen LogP contribution in [-0.2, 0) is 27.3 Å². The van der Waals surface area contributed by atoms with Crippen molar-refractivity contribution in [2.24, 2.45) is 5.41 Å². The van der Waals surface area contributed by atoms with Gasteiger partial charge in [0.15, 0.2) is 0 Å². The number of H-pyrrole nitrogens is 1. The maximum absolute atomic E-state index is 14.3. The van der Waals surface area contributed by atoms with E-state index in [0.29, 0.717) is 18.5 Å². The fourth-order valence-corrected chi connectivity index (χ4v) is 4.36. The van der Waals surface area contributed by atoms with Crippen LogP contribution in [-0.4, -0.2) is 59.6 Å². The molecule has 0 aliphatic carbocycles. The third kappa shape index (κ3) is 8.79. The monoisotopic (exact) mass is 567 g/mol. The lowest BCUT2D eigenvalue weighted by atomic mass is 9.87. The number of benzene rings is 1. The number of rotatable bonds is 10. The number of carbonyl (C=O) groups excluding carboxylic acids is 3. The molecule has 3 N–H and O–H groups in total. The van der Waals surface area contributed by atoms with Gasteiger partial charge in [-0.2, -0.15) is 0 Å². The van der Waals surface area contributed by atoms with Crippen LogP contribution in [0, 0.1) is 11.2 Å². The SMILES string of the molecule is COC(=O)NC(CCC=CC(=O)N(C)C)C(=O)Nc1cccn(Cc2cc3cc(F)cc(CC(C)(C)C)c3[nH]2)c1=O. The Balaban J connectivity index is 1.79. The van der Waals surface area contributed by atoms with Gasteiger partial charge >= 0.3 is 6.09 Å². The molecule has 0 aliphatic heterocycles. The zero-order valence-electron chi connectivity index (χ0n) is 24.3. The van der Waals surface area contributed by atoms with Crippen LogP contribution in [0.15, 0.2) is 53.5 Å². The van der Waals surface area contributed by atoms with Gasteiger partial charge in [-0.1, -0.05) is 26.8 Å². The number of fused-ring (bicyclic) bond motifs is 1. The number of aromatic amines is 1. The van der Waals surface area contributed by atoms with Crippen molar-refractivity contribution in [1.29, 1.82) is 0 Å². The molecule has 10 nitrogen and oxygen atoms in total. The summed E-state index contributed by atoms with van der Waals surface area (Å²) in [7, 11) is 4.42. The third-order valence-electron chi connectivity index (χ3n) is 6.29. The first kappa shape index (κ1) is 31.1. The number of hydrogen-bond acceptors (Lipinski definition) is 5. The first-order valence-electron chi connectivity index (χ1n) is 13.3. The highest BCUT2D eigenvalue weighted by molar-refractivity contribution is 5.96. The van der Waals surface area contributed by atoms with Gasteiger partial charge in [-0.15, -0.1) is 0 Å². The van der Waals surface area contributed by atoms with Gasteiger partial charge in [-0.25, -0.2) is 9.18 Å². The number of allylic oxidation sites excluding steroid dienone is 1. The number of likely N-dealkylation sites (N-methyl/N-ethyl adjacent to an activating group) is 1. The number of methoxy groups -OCH3 is 1. The van der Waals surface area contributed by atoms with Crippen LogP contribution in [0.4, 0.5) is 14.9 Å². The Morgan fingerprint density at radius 2 is 1.93 bits per heavy atom. The van der Waals surface area contributed by atoms with E-state index in [2.05, 4.69) is 41.1 Å². The predicted molar refractivity (Wildman–Crippen MR) is 156 cm³/mol. The van der Waals surface area contributed by atoms with Gasteiger partial charge in [0, 0.05) is 36.9 Å². The van der Waals surface area contributed by atoms with Crippen molar-refractivity contribution < 1.29 is 23.5 Å². The van der Waals surface area contributed by atoms with Crippen LogP contribution < -0.4 is 16.2 Å². The summed E-state index contributed by atoms with van der Waals surface area (Å²) in [5.41, 5.74) is 1.92. The molecule has 3 rings (SSSR count). The minimum absolute atomic E-state index is 0.0306. The molecule has 11 heteroatoms. The predicted octanol–water partition coefficient (Wildman–Crippen LogP) is 4.19. The van der Waals surface area contributed by atoms with Crippen molar-refractivity contribution in [3.63, 3.8) is 0 Å². The fraction of sp³-hybridized carbons (Fsp3) is 0.400. The summed E-state index contributed by atoms with van der Waals surface area (Å²) in [6.45, 7) is 6.42. The van der Waals surface area contributed by atoms with Gasteiger partial charge in [0.1, 0.15) is 17.5 Å². The standard InChI is InChI=1S/C30H38FN5O5/c1-30(2,3)17-20-15-21(31)14-19-16-22(32-26(19)20)18-36-13-9-11-24(28(36)39)33-27(38)23(34-29(40)41-6)10-7-8-12-25(37)35(4)5/h8-9,11-16,23,32H,7,10,17-18H2,1-6H3,(H,33,38)(H,34,40). The summed E-state index contributed by atoms with van der Waals surface area (Å²) in [6.07, 6.45) is 4.94. The Bertz CT molecular complexity index is 1500. The molecule has 3 aromatic rings. The molecule has 0 aliphatic rings. The summed E-state index contributed by atoms with van der Waals surface area (Å²) in [5.74, 6) is -1.13. The van der Waals surface area contributed by atoms with E-state index in [9.17, 15) is 23.6 Å². The maximum atomic E-state index is 14.3. The number of amides is 3. The molecule has 220 valence electrons. The molecule has 0 fully saturated rings. The molecule has 2 heterocycles. The molecule has 0 radical (unpaired) electrons. The highest BCUT2D eigenvalue weighted by Crippen LogP contribution is 2.28. The van der Waals surface area contributed by atoms with Crippen LogP contribution >= 0.6 is 0 Å². The number of aromatic nitrogens is 2. The fourth-order valence-electron chi connectivity index (χ4n) is 4.36. The van der Waals surface area contributed by atoms with Crippen LogP contribution in [0.1, 0.15) is 44.9 Å². The van der Waals surface area contributed by atoms with Gasteiger partial charge in [-0.3, -0.25) is 14.4 Å². The number of nitrogens with zero attached hydrogens (tertiary/aromatic N) is 2. The number of carbonyl (C=O) groups is 3. The third-order valence-corrected chi connectivity index (χ3v) is 6.29. The molecule has 1 unspecified atom stereocenters. The average Bonchev–Trinajstić information content (AvgIpc) is 3.29. The summed E-state index contributed by atoms with van der Waals surface area (Å²) in [5, 5.41) is 5.78. The summed E-state index contributed by atoms with van der Waals surface area (Å²) < 4.78 is 20.4. The average molecular weight is 568 g/mol. The number of anilines is 1. The van der Waals surface area contributed by atoms with Crippen molar-refractivity contribution in [3.05, 3.63) is 76.1 Å². The van der Waals surface area contributed by atoms with Gasteiger partial charge in [0.05, 0.1) is 13.7 Å². The second kappa shape index (κ2) is 13.3. The van der Waals surface area contributed by atoms with E-state index in [1.807, 2.05) is 6.07 Å². The zero-order valence-corrected chi connectivity index (χ0v) is 24.3. The lowest BCUT2D eigenvalue weighted by Gasteiger charge is -2.18. The molecule has 0 spiro atoms. The van der Waals surface area contributed by atoms with Crippen molar-refractivity contribution in [2.75, 3.05) is 26.5 Å². The van der Waals surface area contributed by atoms with E-state index in [0.717, 1.165) is 16.5 Å². The van der Waals surface area contributed by atoms with Crippen LogP contribution in [0.2, 0.25) is 0 Å². The van der Waals surface area contributed by atoms with Gasteiger partial charge in [-0.05, 0) is 66.6 Å². The summed E-state index contributed by atoms with van der Waals surface area (Å²) >= 11 is 0. The topological polar surface area (TPSA) is 126 Å². The van der Waals surface area contributed by atoms with E-state index in [1.54, 1.807) is 32.4 Å². The number of ether oxygens (including phenoxy) is 1. The van der Waals surface area contributed by atoms with E-state index in [1.165, 1.54) is 40.9 Å². The van der Waals surface area contributed by atoms with E-state index in [4.69, 9.17) is 0 Å².